The fourth-order valence-corrected chi connectivity index (χ4v) is 2.37. The van der Waals surface area contributed by atoms with Crippen molar-refractivity contribution in [1.29, 1.82) is 0 Å². The molecule has 144 valence electrons. The summed E-state index contributed by atoms with van der Waals surface area (Å²) in [4.78, 5) is 0. The van der Waals surface area contributed by atoms with Crippen molar-refractivity contribution in [1.82, 2.24) is 0 Å². The summed E-state index contributed by atoms with van der Waals surface area (Å²) in [5.41, 5.74) is 3.23. The number of anilines is 1. The van der Waals surface area contributed by atoms with E-state index < -0.39 is 11.7 Å². The maximum Gasteiger partial charge on any atom is 0.416 e. The molecule has 0 aliphatic heterocycles. The number of alkyl halides is 3. The van der Waals surface area contributed by atoms with Gasteiger partial charge in [0.2, 0.25) is 0 Å². The van der Waals surface area contributed by atoms with E-state index in [1.54, 1.807) is 42.5 Å². The quantitative estimate of drug-likeness (QED) is 0.326. The molecule has 0 aliphatic rings. The van der Waals surface area contributed by atoms with E-state index >= 15 is 0 Å². The zero-order chi connectivity index (χ0) is 20.0. The molecular weight excluding hydrogens is 372 g/mol. The van der Waals surface area contributed by atoms with Crippen molar-refractivity contribution >= 4 is 11.9 Å². The fourth-order valence-electron chi connectivity index (χ4n) is 2.37. The molecule has 0 spiro atoms. The molecule has 3 rings (SSSR count). The summed E-state index contributed by atoms with van der Waals surface area (Å²) in [6, 6.07) is 18.0. The Morgan fingerprint density at radius 1 is 0.929 bits per heavy atom. The SMILES string of the molecule is Fc1ccccc1COc1ccc(C=NNc2cccc(C(F)(F)F)c2)cc1. The van der Waals surface area contributed by atoms with E-state index in [-0.39, 0.29) is 18.1 Å². The van der Waals surface area contributed by atoms with E-state index in [0.717, 1.165) is 17.7 Å². The number of hydrogen-bond donors (Lipinski definition) is 1. The van der Waals surface area contributed by atoms with Crippen LogP contribution in [-0.4, -0.2) is 6.21 Å². The molecule has 0 radical (unpaired) electrons. The number of ether oxygens (including phenoxy) is 1. The van der Waals surface area contributed by atoms with E-state index in [0.29, 0.717) is 11.3 Å². The lowest BCUT2D eigenvalue weighted by Crippen LogP contribution is -2.05. The van der Waals surface area contributed by atoms with Gasteiger partial charge in [-0.1, -0.05) is 24.3 Å². The Bertz CT molecular complexity index is 953. The van der Waals surface area contributed by atoms with Crippen molar-refractivity contribution in [2.75, 3.05) is 5.43 Å². The molecule has 0 unspecified atom stereocenters. The van der Waals surface area contributed by atoms with E-state index in [1.165, 1.54) is 24.4 Å². The maximum atomic E-state index is 13.6. The van der Waals surface area contributed by atoms with Crippen molar-refractivity contribution in [3.05, 3.63) is 95.3 Å². The molecule has 0 bridgehead atoms. The summed E-state index contributed by atoms with van der Waals surface area (Å²) in [6.45, 7) is 0.108. The highest BCUT2D eigenvalue weighted by Gasteiger charge is 2.30. The highest BCUT2D eigenvalue weighted by Crippen LogP contribution is 2.30. The van der Waals surface area contributed by atoms with Gasteiger partial charge < -0.3 is 4.74 Å². The predicted octanol–water partition coefficient (Wildman–Crippen LogP) is 5.87. The molecule has 0 saturated carbocycles. The van der Waals surface area contributed by atoms with Crippen LogP contribution in [0.25, 0.3) is 0 Å². The van der Waals surface area contributed by atoms with Crippen molar-refractivity contribution in [3.63, 3.8) is 0 Å². The molecule has 0 aromatic heterocycles. The van der Waals surface area contributed by atoms with Gasteiger partial charge in [0.1, 0.15) is 18.2 Å². The number of hydrazone groups is 1. The van der Waals surface area contributed by atoms with Crippen LogP contribution in [-0.2, 0) is 12.8 Å². The van der Waals surface area contributed by atoms with Gasteiger partial charge in [-0.2, -0.15) is 18.3 Å². The Hall–Kier alpha value is -3.35. The molecule has 0 atom stereocenters. The summed E-state index contributed by atoms with van der Waals surface area (Å²) < 4.78 is 57.2. The van der Waals surface area contributed by atoms with Gasteiger partial charge in [0, 0.05) is 5.56 Å². The first-order valence-corrected chi connectivity index (χ1v) is 8.34. The van der Waals surface area contributed by atoms with Crippen LogP contribution in [0, 0.1) is 5.82 Å². The van der Waals surface area contributed by atoms with Gasteiger partial charge in [-0.05, 0) is 54.1 Å². The summed E-state index contributed by atoms with van der Waals surface area (Å²) in [5, 5.41) is 3.94. The van der Waals surface area contributed by atoms with Crippen LogP contribution in [0.2, 0.25) is 0 Å². The predicted molar refractivity (Wildman–Crippen MR) is 99.8 cm³/mol. The van der Waals surface area contributed by atoms with Gasteiger partial charge in [0.25, 0.3) is 0 Å². The highest BCUT2D eigenvalue weighted by atomic mass is 19.4. The minimum atomic E-state index is -4.40. The van der Waals surface area contributed by atoms with Crippen LogP contribution < -0.4 is 10.2 Å². The number of hydrogen-bond acceptors (Lipinski definition) is 3. The van der Waals surface area contributed by atoms with Crippen LogP contribution in [0.3, 0.4) is 0 Å². The number of rotatable bonds is 6. The molecule has 3 aromatic carbocycles. The normalized spacial score (nSPS) is 11.6. The van der Waals surface area contributed by atoms with Crippen LogP contribution in [0.1, 0.15) is 16.7 Å². The third-order valence-corrected chi connectivity index (χ3v) is 3.83. The Balaban J connectivity index is 1.56. The van der Waals surface area contributed by atoms with Crippen molar-refractivity contribution in [3.8, 4) is 5.75 Å². The summed E-state index contributed by atoms with van der Waals surface area (Å²) in [6.07, 6.45) is -2.93. The molecule has 0 saturated heterocycles. The zero-order valence-electron chi connectivity index (χ0n) is 14.6. The van der Waals surface area contributed by atoms with E-state index in [2.05, 4.69) is 10.5 Å². The standard InChI is InChI=1S/C21H16F4N2O/c22-20-7-2-1-4-16(20)14-28-19-10-8-15(9-11-19)13-26-27-18-6-3-5-17(12-18)21(23,24)25/h1-13,27H,14H2. The van der Waals surface area contributed by atoms with Crippen LogP contribution in [0.5, 0.6) is 5.75 Å². The van der Waals surface area contributed by atoms with Gasteiger partial charge in [-0.25, -0.2) is 4.39 Å². The second-order valence-corrected chi connectivity index (χ2v) is 5.90. The first-order chi connectivity index (χ1) is 13.4. The third kappa shape index (κ3) is 5.33. The Kier molecular flexibility index (Phi) is 5.93. The molecule has 0 fully saturated rings. The number of halogens is 4. The van der Waals surface area contributed by atoms with Crippen molar-refractivity contribution in [2.45, 2.75) is 12.8 Å². The number of benzene rings is 3. The largest absolute Gasteiger partial charge is 0.489 e. The molecule has 3 nitrogen and oxygen atoms in total. The van der Waals surface area contributed by atoms with Crippen LogP contribution in [0.15, 0.2) is 77.9 Å². The lowest BCUT2D eigenvalue weighted by Gasteiger charge is -2.08. The smallest absolute Gasteiger partial charge is 0.416 e. The van der Waals surface area contributed by atoms with Crippen molar-refractivity contribution in [2.24, 2.45) is 5.10 Å². The molecule has 0 aliphatic carbocycles. The number of nitrogens with one attached hydrogen (secondary N) is 1. The average molecular weight is 388 g/mol. The van der Waals surface area contributed by atoms with Crippen LogP contribution in [0.4, 0.5) is 23.2 Å². The minimum absolute atomic E-state index is 0.108. The second kappa shape index (κ2) is 8.56. The van der Waals surface area contributed by atoms with E-state index in [4.69, 9.17) is 4.74 Å². The van der Waals surface area contributed by atoms with Gasteiger partial charge in [0.15, 0.2) is 0 Å². The zero-order valence-corrected chi connectivity index (χ0v) is 14.6. The summed E-state index contributed by atoms with van der Waals surface area (Å²) in [5.74, 6) is 0.234. The molecule has 28 heavy (non-hydrogen) atoms. The maximum absolute atomic E-state index is 13.6. The fraction of sp³-hybridized carbons (Fsp3) is 0.0952. The molecule has 3 aromatic rings. The third-order valence-electron chi connectivity index (χ3n) is 3.83. The molecule has 1 N–H and O–H groups in total. The Morgan fingerprint density at radius 3 is 2.39 bits per heavy atom. The Labute approximate surface area is 159 Å². The second-order valence-electron chi connectivity index (χ2n) is 5.90. The first-order valence-electron chi connectivity index (χ1n) is 8.34. The topological polar surface area (TPSA) is 33.6 Å². The summed E-state index contributed by atoms with van der Waals surface area (Å²) >= 11 is 0. The monoisotopic (exact) mass is 388 g/mol. The van der Waals surface area contributed by atoms with E-state index in [1.807, 2.05) is 0 Å². The van der Waals surface area contributed by atoms with Gasteiger partial charge >= 0.3 is 6.18 Å². The minimum Gasteiger partial charge on any atom is -0.489 e. The number of nitrogens with zero attached hydrogens (tertiary/aromatic N) is 1. The first kappa shape index (κ1) is 19.4. The Morgan fingerprint density at radius 2 is 1.68 bits per heavy atom. The lowest BCUT2D eigenvalue weighted by molar-refractivity contribution is -0.137. The van der Waals surface area contributed by atoms with Gasteiger partial charge in [-0.15, -0.1) is 0 Å². The molecule has 0 amide bonds. The van der Waals surface area contributed by atoms with Gasteiger partial charge in [-0.3, -0.25) is 5.43 Å². The average Bonchev–Trinajstić information content (AvgIpc) is 2.68. The lowest BCUT2D eigenvalue weighted by atomic mass is 10.2. The van der Waals surface area contributed by atoms with E-state index in [9.17, 15) is 17.6 Å². The van der Waals surface area contributed by atoms with Crippen molar-refractivity contribution < 1.29 is 22.3 Å². The van der Waals surface area contributed by atoms with Gasteiger partial charge in [0.05, 0.1) is 17.5 Å². The molecule has 0 heterocycles. The van der Waals surface area contributed by atoms with Crippen LogP contribution >= 0.6 is 0 Å². The molecule has 7 heteroatoms. The molecular formula is C21H16F4N2O. The highest BCUT2D eigenvalue weighted by molar-refractivity contribution is 5.80. The summed E-state index contributed by atoms with van der Waals surface area (Å²) in [7, 11) is 0.